The van der Waals surface area contributed by atoms with Gasteiger partial charge in [0.2, 0.25) is 0 Å². The molecule has 4 aromatic rings. The Morgan fingerprint density at radius 1 is 0.633 bits per heavy atom. The van der Waals surface area contributed by atoms with Gasteiger partial charge >= 0.3 is 0 Å². The highest BCUT2D eigenvalue weighted by Crippen LogP contribution is 2.50. The molecule has 0 aliphatic heterocycles. The second-order valence-electron chi connectivity index (χ2n) is 8.55. The van der Waals surface area contributed by atoms with Gasteiger partial charge < -0.3 is 4.90 Å². The van der Waals surface area contributed by atoms with Crippen LogP contribution in [0.25, 0.3) is 0 Å². The predicted octanol–water partition coefficient (Wildman–Crippen LogP) is 6.04. The van der Waals surface area contributed by atoms with E-state index in [2.05, 4.69) is 122 Å². The molecule has 0 saturated heterocycles. The Morgan fingerprint density at radius 2 is 1.20 bits per heavy atom. The van der Waals surface area contributed by atoms with Gasteiger partial charge in [-0.1, -0.05) is 103 Å². The molecule has 0 unspecified atom stereocenters. The second kappa shape index (κ2) is 7.59. The SMILES string of the molecule is CN(C)Cc1ccc2c(c1)Cc1ccccc1C2(c1ccccc1)c1ccccc1. The summed E-state index contributed by atoms with van der Waals surface area (Å²) in [5.74, 6) is 0. The highest BCUT2D eigenvalue weighted by molar-refractivity contribution is 5.66. The molecule has 1 nitrogen and oxygen atoms in total. The van der Waals surface area contributed by atoms with Crippen LogP contribution in [0.15, 0.2) is 103 Å². The Hall–Kier alpha value is -3.16. The van der Waals surface area contributed by atoms with Crippen molar-refractivity contribution in [1.82, 2.24) is 4.90 Å². The number of hydrogen-bond donors (Lipinski definition) is 0. The van der Waals surface area contributed by atoms with E-state index in [0.717, 1.165) is 13.0 Å². The van der Waals surface area contributed by atoms with Crippen molar-refractivity contribution in [1.29, 1.82) is 0 Å². The molecule has 0 amide bonds. The molecule has 5 rings (SSSR count). The normalized spacial score (nSPS) is 14.2. The third kappa shape index (κ3) is 2.98. The van der Waals surface area contributed by atoms with Gasteiger partial charge in [0, 0.05) is 6.54 Å². The molecule has 0 saturated carbocycles. The summed E-state index contributed by atoms with van der Waals surface area (Å²) < 4.78 is 0. The van der Waals surface area contributed by atoms with Gasteiger partial charge in [-0.25, -0.2) is 0 Å². The minimum Gasteiger partial charge on any atom is -0.305 e. The quantitative estimate of drug-likeness (QED) is 0.362. The maximum atomic E-state index is 2.42. The summed E-state index contributed by atoms with van der Waals surface area (Å²) in [5.41, 5.74) is 9.36. The largest absolute Gasteiger partial charge is 0.305 e. The maximum absolute atomic E-state index is 2.42. The highest BCUT2D eigenvalue weighted by atomic mass is 15.0. The number of hydrogen-bond acceptors (Lipinski definition) is 1. The first kappa shape index (κ1) is 18.8. The summed E-state index contributed by atoms with van der Waals surface area (Å²) in [6.45, 7) is 0.957. The second-order valence-corrected chi connectivity index (χ2v) is 8.55. The van der Waals surface area contributed by atoms with Crippen LogP contribution in [-0.2, 0) is 18.4 Å². The third-order valence-electron chi connectivity index (χ3n) is 6.29. The van der Waals surface area contributed by atoms with E-state index >= 15 is 0 Å². The van der Waals surface area contributed by atoms with Crippen LogP contribution < -0.4 is 0 Å². The van der Waals surface area contributed by atoms with Gasteiger partial charge in [-0.05, 0) is 59.5 Å². The van der Waals surface area contributed by atoms with Gasteiger partial charge in [-0.2, -0.15) is 0 Å². The number of rotatable bonds is 4. The molecule has 0 heterocycles. The fourth-order valence-electron chi connectivity index (χ4n) is 5.18. The molecule has 0 atom stereocenters. The number of benzene rings is 4. The molecule has 0 spiro atoms. The van der Waals surface area contributed by atoms with Crippen molar-refractivity contribution in [2.45, 2.75) is 18.4 Å². The van der Waals surface area contributed by atoms with Crippen molar-refractivity contribution in [3.8, 4) is 0 Å². The lowest BCUT2D eigenvalue weighted by atomic mass is 9.59. The summed E-state index contributed by atoms with van der Waals surface area (Å²) in [6.07, 6.45) is 0.980. The molecule has 1 heteroatoms. The lowest BCUT2D eigenvalue weighted by Gasteiger charge is -2.42. The topological polar surface area (TPSA) is 3.24 Å². The van der Waals surface area contributed by atoms with E-state index < -0.39 is 0 Å². The Kier molecular flexibility index (Phi) is 4.77. The number of nitrogens with zero attached hydrogens (tertiary/aromatic N) is 1. The van der Waals surface area contributed by atoms with Gasteiger partial charge in [0.1, 0.15) is 0 Å². The van der Waals surface area contributed by atoms with Gasteiger partial charge in [-0.3, -0.25) is 0 Å². The minimum atomic E-state index is -0.302. The average Bonchev–Trinajstić information content (AvgIpc) is 2.78. The van der Waals surface area contributed by atoms with Gasteiger partial charge in [0.15, 0.2) is 0 Å². The van der Waals surface area contributed by atoms with E-state index in [9.17, 15) is 0 Å². The molecule has 1 aliphatic carbocycles. The van der Waals surface area contributed by atoms with E-state index in [1.165, 1.54) is 38.9 Å². The van der Waals surface area contributed by atoms with E-state index in [1.54, 1.807) is 0 Å². The van der Waals surface area contributed by atoms with Crippen molar-refractivity contribution in [3.05, 3.63) is 142 Å². The van der Waals surface area contributed by atoms with Crippen molar-refractivity contribution in [2.24, 2.45) is 0 Å². The van der Waals surface area contributed by atoms with E-state index in [1.807, 2.05) is 0 Å². The molecule has 0 N–H and O–H groups in total. The fraction of sp³-hybridized carbons (Fsp3) is 0.172. The summed E-state index contributed by atoms with van der Waals surface area (Å²) in [4.78, 5) is 2.24. The monoisotopic (exact) mass is 389 g/mol. The standard InChI is InChI=1S/C29H27N/c1-30(2)21-22-17-18-28-24(19-22)20-23-11-9-10-16-27(23)29(28,25-12-5-3-6-13-25)26-14-7-4-8-15-26/h3-19H,20-21H2,1-2H3. The number of fused-ring (bicyclic) bond motifs is 2. The van der Waals surface area contributed by atoms with Gasteiger partial charge in [-0.15, -0.1) is 0 Å². The molecule has 148 valence electrons. The Balaban J connectivity index is 1.87. The van der Waals surface area contributed by atoms with Crippen molar-refractivity contribution in [2.75, 3.05) is 14.1 Å². The smallest absolute Gasteiger partial charge is 0.0707 e. The Labute approximate surface area is 179 Å². The lowest BCUT2D eigenvalue weighted by molar-refractivity contribution is 0.402. The van der Waals surface area contributed by atoms with Gasteiger partial charge in [0.25, 0.3) is 0 Å². The maximum Gasteiger partial charge on any atom is 0.0707 e. The van der Waals surface area contributed by atoms with Crippen LogP contribution in [-0.4, -0.2) is 19.0 Å². The van der Waals surface area contributed by atoms with Crippen LogP contribution in [0.1, 0.15) is 38.9 Å². The van der Waals surface area contributed by atoms with Crippen LogP contribution in [0.2, 0.25) is 0 Å². The van der Waals surface area contributed by atoms with Crippen molar-refractivity contribution in [3.63, 3.8) is 0 Å². The zero-order valence-corrected chi connectivity index (χ0v) is 17.7. The van der Waals surface area contributed by atoms with E-state index in [-0.39, 0.29) is 5.41 Å². The first-order valence-electron chi connectivity index (χ1n) is 10.7. The summed E-state index contributed by atoms with van der Waals surface area (Å²) >= 11 is 0. The van der Waals surface area contributed by atoms with Crippen molar-refractivity contribution >= 4 is 0 Å². The van der Waals surface area contributed by atoms with Crippen LogP contribution in [0.4, 0.5) is 0 Å². The zero-order valence-electron chi connectivity index (χ0n) is 17.7. The molecule has 0 aromatic heterocycles. The first-order chi connectivity index (χ1) is 14.7. The minimum absolute atomic E-state index is 0.302. The van der Waals surface area contributed by atoms with Crippen LogP contribution in [0.3, 0.4) is 0 Å². The van der Waals surface area contributed by atoms with Crippen molar-refractivity contribution < 1.29 is 0 Å². The molecular weight excluding hydrogens is 362 g/mol. The zero-order chi connectivity index (χ0) is 20.6. The van der Waals surface area contributed by atoms with E-state index in [4.69, 9.17) is 0 Å². The molecule has 4 aromatic carbocycles. The van der Waals surface area contributed by atoms with Crippen LogP contribution in [0, 0.1) is 0 Å². The Morgan fingerprint density at radius 3 is 1.83 bits per heavy atom. The molecular formula is C29H27N. The van der Waals surface area contributed by atoms with E-state index in [0.29, 0.717) is 0 Å². The summed E-state index contributed by atoms with van der Waals surface area (Å²) in [7, 11) is 4.26. The molecule has 0 bridgehead atoms. The molecule has 1 aliphatic rings. The molecule has 0 radical (unpaired) electrons. The first-order valence-corrected chi connectivity index (χ1v) is 10.7. The van der Waals surface area contributed by atoms with Crippen LogP contribution >= 0.6 is 0 Å². The third-order valence-corrected chi connectivity index (χ3v) is 6.29. The molecule has 0 fully saturated rings. The fourth-order valence-corrected chi connectivity index (χ4v) is 5.18. The van der Waals surface area contributed by atoms with Crippen LogP contribution in [0.5, 0.6) is 0 Å². The summed E-state index contributed by atoms with van der Waals surface area (Å²) in [6, 6.07) is 38.1. The van der Waals surface area contributed by atoms with Gasteiger partial charge in [0.05, 0.1) is 5.41 Å². The predicted molar refractivity (Wildman–Crippen MR) is 125 cm³/mol. The Bertz CT molecular complexity index is 1120. The summed E-state index contributed by atoms with van der Waals surface area (Å²) in [5, 5.41) is 0. The highest BCUT2D eigenvalue weighted by Gasteiger charge is 2.43. The average molecular weight is 390 g/mol. The molecule has 30 heavy (non-hydrogen) atoms. The lowest BCUT2D eigenvalue weighted by Crippen LogP contribution is -2.36.